The molecule has 9 heteroatoms. The highest BCUT2D eigenvalue weighted by Crippen LogP contribution is 2.33. The minimum atomic E-state index is -0.492. The second-order valence-electron chi connectivity index (χ2n) is 9.50. The van der Waals surface area contributed by atoms with Gasteiger partial charge in [0, 0.05) is 25.7 Å². The molecule has 1 aliphatic heterocycles. The maximum Gasteiger partial charge on any atom is 0.282 e. The van der Waals surface area contributed by atoms with E-state index in [1.54, 1.807) is 18.2 Å². The van der Waals surface area contributed by atoms with Gasteiger partial charge in [-0.05, 0) is 22.6 Å². The molecular weight excluding hydrogens is 446 g/mol. The lowest BCUT2D eigenvalue weighted by Gasteiger charge is -2.35. The van der Waals surface area contributed by atoms with Crippen LogP contribution in [-0.4, -0.2) is 47.7 Å². The van der Waals surface area contributed by atoms with E-state index in [0.29, 0.717) is 19.8 Å². The van der Waals surface area contributed by atoms with Crippen LogP contribution in [0.5, 0.6) is 0 Å². The number of rotatable bonds is 7. The van der Waals surface area contributed by atoms with Crippen LogP contribution in [-0.2, 0) is 10.2 Å². The van der Waals surface area contributed by atoms with Gasteiger partial charge in [0.2, 0.25) is 17.5 Å². The van der Waals surface area contributed by atoms with E-state index in [-0.39, 0.29) is 40.2 Å². The molecule has 0 radical (unpaired) electrons. The smallest absolute Gasteiger partial charge is 0.282 e. The van der Waals surface area contributed by atoms with E-state index in [2.05, 4.69) is 60.2 Å². The van der Waals surface area contributed by atoms with Crippen molar-refractivity contribution in [3.8, 4) is 17.5 Å². The van der Waals surface area contributed by atoms with Crippen LogP contribution in [0.1, 0.15) is 43.6 Å². The van der Waals surface area contributed by atoms with E-state index in [1.807, 2.05) is 6.07 Å². The van der Waals surface area contributed by atoms with Crippen molar-refractivity contribution in [2.24, 2.45) is 0 Å². The molecule has 2 aromatic carbocycles. The lowest BCUT2D eigenvalue weighted by molar-refractivity contribution is -0.384. The molecular formula is C26H29N5O4. The molecule has 1 atom stereocenters. The van der Waals surface area contributed by atoms with Gasteiger partial charge in [-0.2, -0.15) is 10.2 Å². The minimum Gasteiger partial charge on any atom is -0.419 e. The Morgan fingerprint density at radius 2 is 1.86 bits per heavy atom. The number of hydrogen-bond donors (Lipinski definition) is 1. The number of nitro benzene ring substituents is 1. The SMILES string of the molecule is CC(C)(C)c1ccc(C(CNc2oc(-c3ccccc3[N+](=O)[O-])nc2C#N)N2CCOCC2)cc1. The first kappa shape index (κ1) is 24.4. The van der Waals surface area contributed by atoms with Gasteiger partial charge in [0.25, 0.3) is 5.69 Å². The number of nitro groups is 1. The zero-order chi connectivity index (χ0) is 25.0. The Morgan fingerprint density at radius 1 is 1.17 bits per heavy atom. The predicted octanol–water partition coefficient (Wildman–Crippen LogP) is 4.90. The normalized spacial score (nSPS) is 15.4. The van der Waals surface area contributed by atoms with Gasteiger partial charge in [-0.25, -0.2) is 0 Å². The lowest BCUT2D eigenvalue weighted by Crippen LogP contribution is -2.41. The van der Waals surface area contributed by atoms with Crippen LogP contribution in [0.2, 0.25) is 0 Å². The van der Waals surface area contributed by atoms with Crippen LogP contribution in [0.25, 0.3) is 11.5 Å². The third-order valence-corrected chi connectivity index (χ3v) is 6.17. The summed E-state index contributed by atoms with van der Waals surface area (Å²) in [5.41, 5.74) is 2.61. The van der Waals surface area contributed by atoms with Crippen molar-refractivity contribution in [3.05, 3.63) is 75.5 Å². The third kappa shape index (κ3) is 5.50. The number of anilines is 1. The number of nitrogens with zero attached hydrogens (tertiary/aromatic N) is 4. The van der Waals surface area contributed by atoms with E-state index in [0.717, 1.165) is 18.7 Å². The molecule has 4 rings (SSSR count). The molecule has 1 unspecified atom stereocenters. The number of benzene rings is 2. The Labute approximate surface area is 204 Å². The van der Waals surface area contributed by atoms with Crippen LogP contribution in [0.3, 0.4) is 0 Å². The Hall–Kier alpha value is -3.74. The number of ether oxygens (including phenoxy) is 1. The summed E-state index contributed by atoms with van der Waals surface area (Å²) >= 11 is 0. The van der Waals surface area contributed by atoms with Gasteiger partial charge in [-0.15, -0.1) is 0 Å². The zero-order valence-corrected chi connectivity index (χ0v) is 20.2. The topological polar surface area (TPSA) is 117 Å². The van der Waals surface area contributed by atoms with E-state index in [1.165, 1.54) is 11.6 Å². The number of aromatic nitrogens is 1. The van der Waals surface area contributed by atoms with E-state index < -0.39 is 4.92 Å². The fourth-order valence-corrected chi connectivity index (χ4v) is 4.19. The van der Waals surface area contributed by atoms with Gasteiger partial charge >= 0.3 is 0 Å². The minimum absolute atomic E-state index is 0.0130. The largest absolute Gasteiger partial charge is 0.419 e. The summed E-state index contributed by atoms with van der Waals surface area (Å²) in [5, 5.41) is 24.3. The van der Waals surface area contributed by atoms with Gasteiger partial charge in [0.15, 0.2) is 0 Å². The van der Waals surface area contributed by atoms with Gasteiger partial charge in [-0.1, -0.05) is 57.2 Å². The number of hydrogen-bond acceptors (Lipinski definition) is 8. The molecule has 0 amide bonds. The van der Waals surface area contributed by atoms with Crippen molar-refractivity contribution in [2.45, 2.75) is 32.2 Å². The first-order valence-corrected chi connectivity index (χ1v) is 11.6. The number of nitriles is 1. The highest BCUT2D eigenvalue weighted by Gasteiger charge is 2.26. The highest BCUT2D eigenvalue weighted by molar-refractivity contribution is 5.68. The second-order valence-corrected chi connectivity index (χ2v) is 9.50. The quantitative estimate of drug-likeness (QED) is 0.379. The fraction of sp³-hybridized carbons (Fsp3) is 0.385. The molecule has 2 heterocycles. The number of oxazole rings is 1. The lowest BCUT2D eigenvalue weighted by atomic mass is 9.86. The van der Waals surface area contributed by atoms with Crippen molar-refractivity contribution in [1.82, 2.24) is 9.88 Å². The summed E-state index contributed by atoms with van der Waals surface area (Å²) in [6.45, 7) is 9.91. The molecule has 3 aromatic rings. The monoisotopic (exact) mass is 475 g/mol. The van der Waals surface area contributed by atoms with Crippen LogP contribution in [0, 0.1) is 21.4 Å². The summed E-state index contributed by atoms with van der Waals surface area (Å²) in [5.74, 6) is 0.235. The molecule has 0 saturated carbocycles. The predicted molar refractivity (Wildman–Crippen MR) is 132 cm³/mol. The molecule has 0 spiro atoms. The van der Waals surface area contributed by atoms with E-state index >= 15 is 0 Å². The molecule has 0 bridgehead atoms. The molecule has 1 N–H and O–H groups in total. The molecule has 1 saturated heterocycles. The zero-order valence-electron chi connectivity index (χ0n) is 20.2. The van der Waals surface area contributed by atoms with Crippen LogP contribution in [0.4, 0.5) is 11.6 Å². The van der Waals surface area contributed by atoms with Crippen molar-refractivity contribution >= 4 is 11.6 Å². The number of para-hydroxylation sites is 1. The van der Waals surface area contributed by atoms with E-state index in [9.17, 15) is 15.4 Å². The Balaban J connectivity index is 1.61. The summed E-state index contributed by atoms with van der Waals surface area (Å²) in [7, 11) is 0. The van der Waals surface area contributed by atoms with Crippen LogP contribution in [0.15, 0.2) is 52.9 Å². The molecule has 9 nitrogen and oxygen atoms in total. The first-order chi connectivity index (χ1) is 16.8. The summed E-state index contributed by atoms with van der Waals surface area (Å²) in [6.07, 6.45) is 0. The summed E-state index contributed by atoms with van der Waals surface area (Å²) < 4.78 is 11.4. The van der Waals surface area contributed by atoms with Crippen molar-refractivity contribution in [1.29, 1.82) is 5.26 Å². The van der Waals surface area contributed by atoms with Crippen molar-refractivity contribution in [3.63, 3.8) is 0 Å². The maximum atomic E-state index is 11.4. The van der Waals surface area contributed by atoms with Crippen LogP contribution >= 0.6 is 0 Å². The van der Waals surface area contributed by atoms with Crippen molar-refractivity contribution < 1.29 is 14.1 Å². The Bertz CT molecular complexity index is 1220. The van der Waals surface area contributed by atoms with Gasteiger partial charge in [0.05, 0.1) is 24.2 Å². The summed E-state index contributed by atoms with van der Waals surface area (Å²) in [6, 6.07) is 16.8. The van der Waals surface area contributed by atoms with Gasteiger partial charge in [0.1, 0.15) is 11.6 Å². The highest BCUT2D eigenvalue weighted by atomic mass is 16.6. The average molecular weight is 476 g/mol. The first-order valence-electron chi connectivity index (χ1n) is 11.6. The average Bonchev–Trinajstić information content (AvgIpc) is 3.28. The van der Waals surface area contributed by atoms with Gasteiger partial charge in [-0.3, -0.25) is 15.0 Å². The summed E-state index contributed by atoms with van der Waals surface area (Å²) in [4.78, 5) is 17.5. The Kier molecular flexibility index (Phi) is 7.15. The number of morpholine rings is 1. The molecule has 182 valence electrons. The molecule has 1 aliphatic rings. The van der Waals surface area contributed by atoms with E-state index in [4.69, 9.17) is 9.15 Å². The van der Waals surface area contributed by atoms with Gasteiger partial charge < -0.3 is 14.5 Å². The standard InChI is InChI=1S/C26H29N5O4/c1-26(2,3)19-10-8-18(9-11-19)23(30-12-14-34-15-13-30)17-28-25-21(16-27)29-24(35-25)20-6-4-5-7-22(20)31(32)33/h4-11,23,28H,12-15,17H2,1-3H3. The molecule has 35 heavy (non-hydrogen) atoms. The third-order valence-electron chi connectivity index (χ3n) is 6.17. The van der Waals surface area contributed by atoms with Crippen LogP contribution < -0.4 is 5.32 Å². The molecule has 1 fully saturated rings. The fourth-order valence-electron chi connectivity index (χ4n) is 4.19. The molecule has 0 aliphatic carbocycles. The number of nitrogens with one attached hydrogen (secondary N) is 1. The maximum absolute atomic E-state index is 11.4. The second kappa shape index (κ2) is 10.3. The molecule has 1 aromatic heterocycles. The van der Waals surface area contributed by atoms with Crippen molar-refractivity contribution in [2.75, 3.05) is 38.2 Å². The Morgan fingerprint density at radius 3 is 2.49 bits per heavy atom.